The molecule has 0 saturated carbocycles. The van der Waals surface area contributed by atoms with Crippen LogP contribution in [0.25, 0.3) is 0 Å². The summed E-state index contributed by atoms with van der Waals surface area (Å²) in [5.41, 5.74) is 0. The van der Waals surface area contributed by atoms with Crippen LogP contribution in [0.1, 0.15) is 30.7 Å². The van der Waals surface area contributed by atoms with Crippen LogP contribution in [-0.4, -0.2) is 54.9 Å². The third-order valence-corrected chi connectivity index (χ3v) is 3.85. The molecule has 1 N–H and O–H groups in total. The Morgan fingerprint density at radius 2 is 2.28 bits per heavy atom. The smallest absolute Gasteiger partial charge is 0.231 e. The topological polar surface area (TPSA) is 63.4 Å². The van der Waals surface area contributed by atoms with Gasteiger partial charge in [0.15, 0.2) is 0 Å². The van der Waals surface area contributed by atoms with Crippen LogP contribution in [0.2, 0.25) is 0 Å². The summed E-state index contributed by atoms with van der Waals surface area (Å²) in [7, 11) is 2.08. The predicted molar refractivity (Wildman–Crippen MR) is 65.3 cm³/mol. The number of hydrogen-bond acceptors (Lipinski definition) is 6. The van der Waals surface area contributed by atoms with Crippen LogP contribution in [-0.2, 0) is 4.74 Å². The molecule has 2 aliphatic rings. The minimum absolute atomic E-state index is 0.0501. The Morgan fingerprint density at radius 3 is 3.00 bits per heavy atom. The zero-order valence-electron chi connectivity index (χ0n) is 10.9. The number of ether oxygens (including phenoxy) is 1. The van der Waals surface area contributed by atoms with Crippen LogP contribution in [0.15, 0.2) is 4.52 Å². The van der Waals surface area contributed by atoms with Gasteiger partial charge in [-0.15, -0.1) is 0 Å². The van der Waals surface area contributed by atoms with E-state index in [9.17, 15) is 0 Å². The quantitative estimate of drug-likeness (QED) is 0.822. The number of aromatic nitrogens is 2. The maximum Gasteiger partial charge on any atom is 0.231 e. The first kappa shape index (κ1) is 12.1. The number of morpholine rings is 1. The van der Waals surface area contributed by atoms with Crippen molar-refractivity contribution in [1.29, 1.82) is 0 Å². The second kappa shape index (κ2) is 4.95. The van der Waals surface area contributed by atoms with Gasteiger partial charge in [-0.25, -0.2) is 0 Å². The molecule has 0 spiro atoms. The number of hydrogen-bond donors (Lipinski definition) is 1. The van der Waals surface area contributed by atoms with Crippen molar-refractivity contribution in [2.75, 3.05) is 39.8 Å². The molecule has 3 unspecified atom stereocenters. The molecule has 100 valence electrons. The van der Waals surface area contributed by atoms with Gasteiger partial charge in [-0.2, -0.15) is 4.98 Å². The third-order valence-electron chi connectivity index (χ3n) is 3.85. The van der Waals surface area contributed by atoms with Gasteiger partial charge >= 0.3 is 0 Å². The zero-order valence-corrected chi connectivity index (χ0v) is 10.9. The largest absolute Gasteiger partial charge is 0.367 e. The number of nitrogens with one attached hydrogen (secondary N) is 1. The molecule has 2 saturated heterocycles. The van der Waals surface area contributed by atoms with E-state index >= 15 is 0 Å². The van der Waals surface area contributed by atoms with E-state index in [-0.39, 0.29) is 6.10 Å². The summed E-state index contributed by atoms with van der Waals surface area (Å²) >= 11 is 0. The first-order chi connectivity index (χ1) is 8.74. The molecule has 0 aromatic carbocycles. The van der Waals surface area contributed by atoms with Gasteiger partial charge in [0.2, 0.25) is 11.7 Å². The second-order valence-corrected chi connectivity index (χ2v) is 5.35. The summed E-state index contributed by atoms with van der Waals surface area (Å²) in [6.07, 6.45) is -0.0501. The van der Waals surface area contributed by atoms with Crippen LogP contribution in [0, 0.1) is 5.92 Å². The molecule has 0 aliphatic carbocycles. The Hall–Kier alpha value is -0.980. The van der Waals surface area contributed by atoms with E-state index in [4.69, 9.17) is 9.26 Å². The minimum atomic E-state index is -0.0501. The number of rotatable bonds is 2. The van der Waals surface area contributed by atoms with Crippen LogP contribution in [0.5, 0.6) is 0 Å². The third kappa shape index (κ3) is 2.28. The Kier molecular flexibility index (Phi) is 3.32. The molecule has 3 heterocycles. The SMILES string of the molecule is CC1CNCC1c1nc(C2CN(C)CCO2)no1. The standard InChI is InChI=1S/C12H20N4O2/c1-8-5-13-6-9(8)12-14-11(15-18-12)10-7-16(2)3-4-17-10/h8-10,13H,3-7H2,1-2H3. The molecule has 0 radical (unpaired) electrons. The highest BCUT2D eigenvalue weighted by Gasteiger charge is 2.31. The lowest BCUT2D eigenvalue weighted by molar-refractivity contribution is -0.0264. The van der Waals surface area contributed by atoms with Gasteiger partial charge in [0.1, 0.15) is 6.10 Å². The van der Waals surface area contributed by atoms with Gasteiger partial charge in [-0.05, 0) is 19.5 Å². The Balaban J connectivity index is 1.72. The van der Waals surface area contributed by atoms with Gasteiger partial charge in [0, 0.05) is 19.6 Å². The molecular weight excluding hydrogens is 232 g/mol. The van der Waals surface area contributed by atoms with Crippen molar-refractivity contribution < 1.29 is 9.26 Å². The van der Waals surface area contributed by atoms with Gasteiger partial charge < -0.3 is 19.5 Å². The van der Waals surface area contributed by atoms with Crippen LogP contribution < -0.4 is 5.32 Å². The lowest BCUT2D eigenvalue weighted by Crippen LogP contribution is -2.35. The normalized spacial score (nSPS) is 34.0. The van der Waals surface area contributed by atoms with Crippen molar-refractivity contribution in [2.24, 2.45) is 5.92 Å². The molecule has 2 fully saturated rings. The maximum atomic E-state index is 5.69. The Bertz CT molecular complexity index is 409. The van der Waals surface area contributed by atoms with Gasteiger partial charge in [0.05, 0.1) is 12.5 Å². The van der Waals surface area contributed by atoms with E-state index in [1.807, 2.05) is 0 Å². The molecule has 2 aliphatic heterocycles. The highest BCUT2D eigenvalue weighted by Crippen LogP contribution is 2.28. The average molecular weight is 252 g/mol. The van der Waals surface area contributed by atoms with E-state index in [2.05, 4.69) is 34.3 Å². The molecule has 3 rings (SSSR count). The van der Waals surface area contributed by atoms with Crippen LogP contribution >= 0.6 is 0 Å². The highest BCUT2D eigenvalue weighted by atomic mass is 16.5. The molecule has 3 atom stereocenters. The summed E-state index contributed by atoms with van der Waals surface area (Å²) in [6, 6.07) is 0. The molecule has 6 heteroatoms. The average Bonchev–Trinajstić information content (AvgIpc) is 2.97. The summed E-state index contributed by atoms with van der Waals surface area (Å²) in [5.74, 6) is 2.33. The predicted octanol–water partition coefficient (Wildman–Crippen LogP) is 0.396. The van der Waals surface area contributed by atoms with Crippen LogP contribution in [0.4, 0.5) is 0 Å². The van der Waals surface area contributed by atoms with E-state index in [0.717, 1.165) is 38.7 Å². The fourth-order valence-electron chi connectivity index (χ4n) is 2.60. The van der Waals surface area contributed by atoms with Crippen molar-refractivity contribution in [3.8, 4) is 0 Å². The molecule has 0 bridgehead atoms. The zero-order chi connectivity index (χ0) is 12.5. The number of nitrogens with zero attached hydrogens (tertiary/aromatic N) is 3. The van der Waals surface area contributed by atoms with Crippen molar-refractivity contribution in [3.63, 3.8) is 0 Å². The summed E-state index contributed by atoms with van der Waals surface area (Å²) in [5, 5.41) is 7.44. The summed E-state index contributed by atoms with van der Waals surface area (Å²) < 4.78 is 11.1. The molecule has 18 heavy (non-hydrogen) atoms. The van der Waals surface area contributed by atoms with Crippen molar-refractivity contribution in [3.05, 3.63) is 11.7 Å². The van der Waals surface area contributed by atoms with Gasteiger partial charge in [-0.1, -0.05) is 12.1 Å². The Labute approximate surface area is 107 Å². The van der Waals surface area contributed by atoms with Crippen molar-refractivity contribution in [1.82, 2.24) is 20.4 Å². The lowest BCUT2D eigenvalue weighted by atomic mass is 9.98. The molecule has 1 aromatic rings. The fraction of sp³-hybridized carbons (Fsp3) is 0.833. The van der Waals surface area contributed by atoms with E-state index in [1.54, 1.807) is 0 Å². The second-order valence-electron chi connectivity index (χ2n) is 5.35. The van der Waals surface area contributed by atoms with Crippen molar-refractivity contribution >= 4 is 0 Å². The first-order valence-corrected chi connectivity index (χ1v) is 6.58. The maximum absolute atomic E-state index is 5.69. The monoisotopic (exact) mass is 252 g/mol. The lowest BCUT2D eigenvalue weighted by Gasteiger charge is -2.27. The molecule has 1 aromatic heterocycles. The molecular formula is C12H20N4O2. The number of likely N-dealkylation sites (N-methyl/N-ethyl adjacent to an activating group) is 1. The first-order valence-electron chi connectivity index (χ1n) is 6.58. The summed E-state index contributed by atoms with van der Waals surface area (Å²) in [6.45, 7) is 6.67. The minimum Gasteiger partial charge on any atom is -0.367 e. The Morgan fingerprint density at radius 1 is 1.39 bits per heavy atom. The van der Waals surface area contributed by atoms with Crippen molar-refractivity contribution in [2.45, 2.75) is 18.9 Å². The highest BCUT2D eigenvalue weighted by molar-refractivity contribution is 5.03. The van der Waals surface area contributed by atoms with Crippen LogP contribution in [0.3, 0.4) is 0 Å². The van der Waals surface area contributed by atoms with E-state index in [0.29, 0.717) is 17.7 Å². The van der Waals surface area contributed by atoms with E-state index < -0.39 is 0 Å². The van der Waals surface area contributed by atoms with Gasteiger partial charge in [-0.3, -0.25) is 0 Å². The summed E-state index contributed by atoms with van der Waals surface area (Å²) in [4.78, 5) is 6.76. The fourth-order valence-corrected chi connectivity index (χ4v) is 2.60. The van der Waals surface area contributed by atoms with E-state index in [1.165, 1.54) is 0 Å². The molecule has 6 nitrogen and oxygen atoms in total. The van der Waals surface area contributed by atoms with Gasteiger partial charge in [0.25, 0.3) is 0 Å². The molecule has 0 amide bonds.